The zero-order valence-electron chi connectivity index (χ0n) is 12.6. The fourth-order valence-corrected chi connectivity index (χ4v) is 1.82. The molecule has 5 nitrogen and oxygen atoms in total. The van der Waals surface area contributed by atoms with E-state index in [4.69, 9.17) is 0 Å². The number of rotatable bonds is 8. The summed E-state index contributed by atoms with van der Waals surface area (Å²) < 4.78 is 55.0. The van der Waals surface area contributed by atoms with Gasteiger partial charge >= 0.3 is 12.3 Å². The van der Waals surface area contributed by atoms with Crippen LogP contribution < -0.4 is 5.32 Å². The Bertz CT molecular complexity index is 505. The number of aromatic nitrogens is 2. The largest absolute Gasteiger partial charge is 0.365 e. The summed E-state index contributed by atoms with van der Waals surface area (Å²) in [6, 6.07) is 1.56. The van der Waals surface area contributed by atoms with Gasteiger partial charge in [-0.05, 0) is 26.8 Å². The molecular weight excluding hydrogens is 306 g/mol. The number of aryl methyl sites for hydroxylation is 2. The molecule has 1 amide bonds. The van der Waals surface area contributed by atoms with Crippen molar-refractivity contribution >= 4 is 5.91 Å². The molecule has 0 bridgehead atoms. The summed E-state index contributed by atoms with van der Waals surface area (Å²) in [7, 11) is 0. The van der Waals surface area contributed by atoms with Gasteiger partial charge in [0.25, 0.3) is 0 Å². The van der Waals surface area contributed by atoms with Gasteiger partial charge in [-0.2, -0.15) is 13.9 Å². The summed E-state index contributed by atoms with van der Waals surface area (Å²) in [5.41, 5.74) is 1.76. The highest BCUT2D eigenvalue weighted by Gasteiger charge is 2.41. The lowest BCUT2D eigenvalue weighted by Crippen LogP contribution is -2.40. The number of alkyl halides is 4. The van der Waals surface area contributed by atoms with Crippen LogP contribution in [0, 0.1) is 13.8 Å². The highest BCUT2D eigenvalue weighted by Crippen LogP contribution is 2.22. The molecule has 1 aromatic heterocycles. The van der Waals surface area contributed by atoms with E-state index in [-0.39, 0.29) is 6.04 Å². The van der Waals surface area contributed by atoms with Crippen molar-refractivity contribution in [1.29, 1.82) is 0 Å². The summed E-state index contributed by atoms with van der Waals surface area (Å²) in [6.07, 6.45) is -3.82. The Hall–Kier alpha value is -1.64. The first-order valence-electron chi connectivity index (χ1n) is 6.66. The summed E-state index contributed by atoms with van der Waals surface area (Å²) in [5, 5.41) is 6.75. The quantitative estimate of drug-likeness (QED) is 0.743. The van der Waals surface area contributed by atoms with Crippen molar-refractivity contribution < 1.29 is 27.1 Å². The van der Waals surface area contributed by atoms with Crippen molar-refractivity contribution in [2.45, 2.75) is 45.7 Å². The van der Waals surface area contributed by atoms with Crippen molar-refractivity contribution in [1.82, 2.24) is 15.1 Å². The summed E-state index contributed by atoms with van der Waals surface area (Å²) in [5.74, 6) is -4.91. The Morgan fingerprint density at radius 3 is 2.59 bits per heavy atom. The van der Waals surface area contributed by atoms with Crippen LogP contribution in [0.3, 0.4) is 0 Å². The first kappa shape index (κ1) is 18.4. The number of ether oxygens (including phenoxy) is 1. The molecule has 0 aromatic carbocycles. The molecule has 0 unspecified atom stereocenters. The third-order valence-corrected chi connectivity index (χ3v) is 2.80. The predicted octanol–water partition coefficient (Wildman–Crippen LogP) is 1.92. The number of nitrogens with one attached hydrogen (secondary N) is 1. The molecule has 1 atom stereocenters. The average molecular weight is 325 g/mol. The zero-order chi connectivity index (χ0) is 16.9. The Balaban J connectivity index is 2.34. The molecule has 9 heteroatoms. The van der Waals surface area contributed by atoms with E-state index in [1.54, 1.807) is 11.6 Å². The highest BCUT2D eigenvalue weighted by atomic mass is 19.3. The van der Waals surface area contributed by atoms with E-state index in [9.17, 15) is 22.4 Å². The van der Waals surface area contributed by atoms with E-state index in [0.29, 0.717) is 6.54 Å². The molecule has 1 heterocycles. The highest BCUT2D eigenvalue weighted by molar-refractivity contribution is 5.77. The minimum Gasteiger partial charge on any atom is -0.365 e. The Labute approximate surface area is 125 Å². The number of carbonyl (C=O) groups is 1. The van der Waals surface area contributed by atoms with Gasteiger partial charge in [0.05, 0.1) is 12.2 Å². The van der Waals surface area contributed by atoms with Gasteiger partial charge in [0.15, 0.2) is 0 Å². The van der Waals surface area contributed by atoms with Crippen molar-refractivity contribution in [3.63, 3.8) is 0 Å². The lowest BCUT2D eigenvalue weighted by Gasteiger charge is -2.17. The number of carbonyl (C=O) groups excluding carboxylic acids is 1. The van der Waals surface area contributed by atoms with Gasteiger partial charge in [0.2, 0.25) is 5.91 Å². The molecule has 0 saturated heterocycles. The van der Waals surface area contributed by atoms with Gasteiger partial charge in [-0.15, -0.1) is 0 Å². The molecular formula is C13H19F4N3O2. The van der Waals surface area contributed by atoms with Crippen molar-refractivity contribution in [2.24, 2.45) is 0 Å². The van der Waals surface area contributed by atoms with E-state index < -0.39 is 31.5 Å². The molecule has 126 valence electrons. The van der Waals surface area contributed by atoms with Gasteiger partial charge in [-0.3, -0.25) is 9.48 Å². The maximum Gasteiger partial charge on any atom is 0.330 e. The van der Waals surface area contributed by atoms with Crippen LogP contribution in [-0.2, 0) is 16.1 Å². The number of amides is 1. The minimum absolute atomic E-state index is 0.315. The minimum atomic E-state index is -4.25. The molecule has 22 heavy (non-hydrogen) atoms. The molecule has 1 N–H and O–H groups in total. The summed E-state index contributed by atoms with van der Waals surface area (Å²) in [6.45, 7) is 3.61. The van der Waals surface area contributed by atoms with Crippen LogP contribution in [0.4, 0.5) is 17.6 Å². The lowest BCUT2D eigenvalue weighted by atomic mass is 10.3. The maximum atomic E-state index is 12.6. The maximum absolute atomic E-state index is 12.6. The first-order valence-corrected chi connectivity index (χ1v) is 6.66. The van der Waals surface area contributed by atoms with Gasteiger partial charge in [0, 0.05) is 11.7 Å². The van der Waals surface area contributed by atoms with E-state index >= 15 is 0 Å². The van der Waals surface area contributed by atoms with Crippen LogP contribution in [0.2, 0.25) is 0 Å². The van der Waals surface area contributed by atoms with Crippen LogP contribution in [0.5, 0.6) is 0 Å². The monoisotopic (exact) mass is 325 g/mol. The fraction of sp³-hybridized carbons (Fsp3) is 0.692. The Morgan fingerprint density at radius 2 is 2.09 bits per heavy atom. The van der Waals surface area contributed by atoms with Crippen molar-refractivity contribution in [3.8, 4) is 0 Å². The van der Waals surface area contributed by atoms with E-state index in [2.05, 4.69) is 15.2 Å². The van der Waals surface area contributed by atoms with Crippen LogP contribution in [0.25, 0.3) is 0 Å². The molecule has 0 aliphatic carbocycles. The van der Waals surface area contributed by atoms with Crippen LogP contribution in [0.15, 0.2) is 6.07 Å². The van der Waals surface area contributed by atoms with Crippen LogP contribution in [0.1, 0.15) is 18.3 Å². The van der Waals surface area contributed by atoms with Gasteiger partial charge in [-0.1, -0.05) is 0 Å². The number of nitrogens with zero attached hydrogens (tertiary/aromatic N) is 2. The second-order valence-corrected chi connectivity index (χ2v) is 5.13. The molecule has 1 aromatic rings. The predicted molar refractivity (Wildman–Crippen MR) is 71.1 cm³/mol. The third-order valence-electron chi connectivity index (χ3n) is 2.80. The molecule has 0 saturated carbocycles. The van der Waals surface area contributed by atoms with Crippen molar-refractivity contribution in [2.75, 3.05) is 13.2 Å². The SMILES string of the molecule is Cc1cc(C)n(C[C@@H](C)NC(=O)COCC(F)(F)C(F)F)n1. The molecule has 0 aliphatic heterocycles. The van der Waals surface area contributed by atoms with Crippen molar-refractivity contribution in [3.05, 3.63) is 17.5 Å². The fourth-order valence-electron chi connectivity index (χ4n) is 1.82. The smallest absolute Gasteiger partial charge is 0.330 e. The second-order valence-electron chi connectivity index (χ2n) is 5.13. The summed E-state index contributed by atoms with van der Waals surface area (Å²) in [4.78, 5) is 11.5. The van der Waals surface area contributed by atoms with E-state index in [1.807, 2.05) is 19.9 Å². The zero-order valence-corrected chi connectivity index (χ0v) is 12.6. The Kier molecular flexibility index (Phi) is 6.34. The van der Waals surface area contributed by atoms with Gasteiger partial charge < -0.3 is 10.1 Å². The van der Waals surface area contributed by atoms with Crippen LogP contribution in [-0.4, -0.2) is 47.3 Å². The van der Waals surface area contributed by atoms with E-state index in [0.717, 1.165) is 11.4 Å². The topological polar surface area (TPSA) is 56.2 Å². The lowest BCUT2D eigenvalue weighted by molar-refractivity contribution is -0.168. The molecule has 0 aliphatic rings. The van der Waals surface area contributed by atoms with Gasteiger partial charge in [-0.25, -0.2) is 8.78 Å². The summed E-state index contributed by atoms with van der Waals surface area (Å²) >= 11 is 0. The number of hydrogen-bond donors (Lipinski definition) is 1. The van der Waals surface area contributed by atoms with Gasteiger partial charge in [0.1, 0.15) is 13.2 Å². The van der Waals surface area contributed by atoms with E-state index in [1.165, 1.54) is 0 Å². The average Bonchev–Trinajstić information content (AvgIpc) is 2.66. The normalized spacial score (nSPS) is 13.5. The second kappa shape index (κ2) is 7.57. The molecule has 0 radical (unpaired) electrons. The Morgan fingerprint density at radius 1 is 1.45 bits per heavy atom. The first-order chi connectivity index (χ1) is 10.1. The third kappa shape index (κ3) is 5.63. The standard InChI is InChI=1S/C13H19F4N3O2/c1-8-4-10(3)20(19-8)5-9(2)18-11(21)6-22-7-13(16,17)12(14)15/h4,9,12H,5-7H2,1-3H3,(H,18,21)/t9-/m1/s1. The number of halogens is 4. The van der Waals surface area contributed by atoms with Crippen LogP contribution >= 0.6 is 0 Å². The molecule has 0 spiro atoms. The molecule has 1 rings (SSSR count). The molecule has 0 fully saturated rings. The number of hydrogen-bond acceptors (Lipinski definition) is 3.